The zero-order valence-electron chi connectivity index (χ0n) is 11.9. The molecule has 0 radical (unpaired) electrons. The molecule has 21 heavy (non-hydrogen) atoms. The maximum absolute atomic E-state index is 12.6. The average molecular weight is 297 g/mol. The zero-order chi connectivity index (χ0) is 15.2. The Balaban J connectivity index is 1.79. The molecule has 0 aliphatic heterocycles. The van der Waals surface area contributed by atoms with Gasteiger partial charge in [0.2, 0.25) is 0 Å². The number of nitrogens with zero attached hydrogens (tertiary/aromatic N) is 1. The molecule has 5 heteroatoms. The number of alkyl halides is 3. The second-order valence-electron chi connectivity index (χ2n) is 6.10. The molecule has 1 unspecified atom stereocenters. The van der Waals surface area contributed by atoms with Crippen LogP contribution in [0, 0.1) is 5.92 Å². The SMILES string of the molecule is CC(C1CC1)N(C(=O)c1ccc(C(F)(F)F)cc1)C1CC1. The Morgan fingerprint density at radius 1 is 1.14 bits per heavy atom. The van der Waals surface area contributed by atoms with Crippen LogP contribution in [-0.2, 0) is 6.18 Å². The van der Waals surface area contributed by atoms with Gasteiger partial charge < -0.3 is 4.90 Å². The Morgan fingerprint density at radius 2 is 1.71 bits per heavy atom. The molecule has 1 aromatic carbocycles. The lowest BCUT2D eigenvalue weighted by Gasteiger charge is -2.29. The third-order valence-corrected chi connectivity index (χ3v) is 4.38. The van der Waals surface area contributed by atoms with Crippen molar-refractivity contribution in [1.29, 1.82) is 0 Å². The van der Waals surface area contributed by atoms with Crippen molar-refractivity contribution < 1.29 is 18.0 Å². The van der Waals surface area contributed by atoms with E-state index in [1.54, 1.807) is 0 Å². The Morgan fingerprint density at radius 3 is 2.14 bits per heavy atom. The Kier molecular flexibility index (Phi) is 3.46. The molecular formula is C16H18F3NO. The van der Waals surface area contributed by atoms with Gasteiger partial charge in [0, 0.05) is 17.6 Å². The molecule has 114 valence electrons. The van der Waals surface area contributed by atoms with Crippen LogP contribution >= 0.6 is 0 Å². The Bertz CT molecular complexity index is 529. The fraction of sp³-hybridized carbons (Fsp3) is 0.562. The quantitative estimate of drug-likeness (QED) is 0.819. The maximum atomic E-state index is 12.6. The van der Waals surface area contributed by atoms with Gasteiger partial charge in [0.05, 0.1) is 5.56 Å². The fourth-order valence-electron chi connectivity index (χ4n) is 2.79. The number of carbonyl (C=O) groups is 1. The molecule has 1 aromatic rings. The molecule has 2 aliphatic carbocycles. The molecule has 0 heterocycles. The van der Waals surface area contributed by atoms with Crippen molar-refractivity contribution in [3.8, 4) is 0 Å². The van der Waals surface area contributed by atoms with Gasteiger partial charge in [-0.15, -0.1) is 0 Å². The molecule has 3 rings (SSSR count). The summed E-state index contributed by atoms with van der Waals surface area (Å²) in [7, 11) is 0. The minimum atomic E-state index is -4.36. The van der Waals surface area contributed by atoms with Crippen LogP contribution < -0.4 is 0 Å². The number of benzene rings is 1. The van der Waals surface area contributed by atoms with Gasteiger partial charge in [0.1, 0.15) is 0 Å². The molecule has 0 aromatic heterocycles. The molecule has 2 fully saturated rings. The molecule has 1 atom stereocenters. The van der Waals surface area contributed by atoms with Gasteiger partial charge in [-0.2, -0.15) is 13.2 Å². The minimum absolute atomic E-state index is 0.134. The van der Waals surface area contributed by atoms with Gasteiger partial charge in [-0.3, -0.25) is 4.79 Å². The standard InChI is InChI=1S/C16H18F3NO/c1-10(11-2-3-11)20(14-8-9-14)15(21)12-4-6-13(7-5-12)16(17,18)19/h4-7,10-11,14H,2-3,8-9H2,1H3. The van der Waals surface area contributed by atoms with Crippen molar-refractivity contribution in [1.82, 2.24) is 4.90 Å². The third kappa shape index (κ3) is 3.06. The van der Waals surface area contributed by atoms with E-state index in [9.17, 15) is 18.0 Å². The molecule has 0 spiro atoms. The molecule has 2 aliphatic rings. The van der Waals surface area contributed by atoms with Crippen LogP contribution in [0.15, 0.2) is 24.3 Å². The largest absolute Gasteiger partial charge is 0.416 e. The van der Waals surface area contributed by atoms with E-state index >= 15 is 0 Å². The number of rotatable bonds is 4. The van der Waals surface area contributed by atoms with E-state index in [-0.39, 0.29) is 18.0 Å². The van der Waals surface area contributed by atoms with Crippen molar-refractivity contribution in [2.45, 2.75) is 50.9 Å². The van der Waals surface area contributed by atoms with Gasteiger partial charge in [0.15, 0.2) is 0 Å². The van der Waals surface area contributed by atoms with E-state index in [0.29, 0.717) is 11.5 Å². The maximum Gasteiger partial charge on any atom is 0.416 e. The van der Waals surface area contributed by atoms with Crippen LogP contribution in [0.1, 0.15) is 48.5 Å². The van der Waals surface area contributed by atoms with Crippen LogP contribution in [0.3, 0.4) is 0 Å². The van der Waals surface area contributed by atoms with Crippen LogP contribution in [0.5, 0.6) is 0 Å². The summed E-state index contributed by atoms with van der Waals surface area (Å²) in [6.07, 6.45) is -0.0682. The lowest BCUT2D eigenvalue weighted by molar-refractivity contribution is -0.137. The first-order valence-corrected chi connectivity index (χ1v) is 7.38. The lowest BCUT2D eigenvalue weighted by atomic mass is 10.1. The number of hydrogen-bond acceptors (Lipinski definition) is 1. The summed E-state index contributed by atoms with van der Waals surface area (Å²) in [5, 5.41) is 0. The second-order valence-corrected chi connectivity index (χ2v) is 6.10. The topological polar surface area (TPSA) is 20.3 Å². The fourth-order valence-corrected chi connectivity index (χ4v) is 2.79. The Labute approximate surface area is 121 Å². The average Bonchev–Trinajstić information content (AvgIpc) is 3.28. The molecule has 0 N–H and O–H groups in total. The zero-order valence-corrected chi connectivity index (χ0v) is 11.9. The van der Waals surface area contributed by atoms with Gasteiger partial charge in [-0.05, 0) is 62.8 Å². The van der Waals surface area contributed by atoms with E-state index in [1.807, 2.05) is 4.90 Å². The van der Waals surface area contributed by atoms with E-state index in [4.69, 9.17) is 0 Å². The molecule has 0 saturated heterocycles. The molecule has 2 nitrogen and oxygen atoms in total. The summed E-state index contributed by atoms with van der Waals surface area (Å²) < 4.78 is 37.7. The number of carbonyl (C=O) groups excluding carboxylic acids is 1. The van der Waals surface area contributed by atoms with Gasteiger partial charge >= 0.3 is 6.18 Å². The number of halogens is 3. The molecular weight excluding hydrogens is 279 g/mol. The van der Waals surface area contributed by atoms with Crippen molar-refractivity contribution in [3.63, 3.8) is 0 Å². The summed E-state index contributed by atoms with van der Waals surface area (Å²) in [4.78, 5) is 14.5. The monoisotopic (exact) mass is 297 g/mol. The Hall–Kier alpha value is -1.52. The minimum Gasteiger partial charge on any atom is -0.333 e. The van der Waals surface area contributed by atoms with E-state index in [0.717, 1.165) is 37.8 Å². The summed E-state index contributed by atoms with van der Waals surface area (Å²) in [5.74, 6) is 0.426. The summed E-state index contributed by atoms with van der Waals surface area (Å²) in [6.45, 7) is 2.05. The third-order valence-electron chi connectivity index (χ3n) is 4.38. The van der Waals surface area contributed by atoms with Crippen molar-refractivity contribution in [2.75, 3.05) is 0 Å². The summed E-state index contributed by atoms with van der Waals surface area (Å²) in [5.41, 5.74) is -0.366. The van der Waals surface area contributed by atoms with Gasteiger partial charge in [-0.25, -0.2) is 0 Å². The molecule has 1 amide bonds. The van der Waals surface area contributed by atoms with Gasteiger partial charge in [0.25, 0.3) is 5.91 Å². The van der Waals surface area contributed by atoms with Crippen LogP contribution in [0.4, 0.5) is 13.2 Å². The highest BCUT2D eigenvalue weighted by atomic mass is 19.4. The normalized spacial score (nSPS) is 20.2. The number of amides is 1. The van der Waals surface area contributed by atoms with E-state index in [2.05, 4.69) is 6.92 Å². The van der Waals surface area contributed by atoms with Crippen molar-refractivity contribution in [2.24, 2.45) is 5.92 Å². The number of hydrogen-bond donors (Lipinski definition) is 0. The first-order chi connectivity index (χ1) is 9.88. The van der Waals surface area contributed by atoms with Crippen LogP contribution in [-0.4, -0.2) is 22.9 Å². The van der Waals surface area contributed by atoms with Crippen LogP contribution in [0.25, 0.3) is 0 Å². The highest BCUT2D eigenvalue weighted by Gasteiger charge is 2.42. The first kappa shape index (κ1) is 14.4. The van der Waals surface area contributed by atoms with Crippen molar-refractivity contribution >= 4 is 5.91 Å². The predicted octanol–water partition coefficient (Wildman–Crippen LogP) is 4.11. The summed E-state index contributed by atoms with van der Waals surface area (Å²) >= 11 is 0. The lowest BCUT2D eigenvalue weighted by Crippen LogP contribution is -2.41. The predicted molar refractivity (Wildman–Crippen MR) is 72.8 cm³/mol. The van der Waals surface area contributed by atoms with E-state index < -0.39 is 11.7 Å². The van der Waals surface area contributed by atoms with Crippen LogP contribution in [0.2, 0.25) is 0 Å². The van der Waals surface area contributed by atoms with E-state index in [1.165, 1.54) is 12.1 Å². The van der Waals surface area contributed by atoms with Crippen molar-refractivity contribution in [3.05, 3.63) is 35.4 Å². The first-order valence-electron chi connectivity index (χ1n) is 7.38. The highest BCUT2D eigenvalue weighted by molar-refractivity contribution is 5.95. The highest BCUT2D eigenvalue weighted by Crippen LogP contribution is 2.40. The molecule has 0 bridgehead atoms. The smallest absolute Gasteiger partial charge is 0.333 e. The van der Waals surface area contributed by atoms with Gasteiger partial charge in [-0.1, -0.05) is 0 Å². The molecule has 2 saturated carbocycles. The second kappa shape index (κ2) is 5.04. The summed E-state index contributed by atoms with van der Waals surface area (Å²) in [6, 6.07) is 5.02.